The van der Waals surface area contributed by atoms with Crippen molar-refractivity contribution >= 4 is 34.3 Å². The highest BCUT2D eigenvalue weighted by Crippen LogP contribution is 2.44. The number of aryl methyl sites for hydroxylation is 1. The normalized spacial score (nSPS) is 24.0. The van der Waals surface area contributed by atoms with Crippen molar-refractivity contribution in [3.8, 4) is 0 Å². The lowest BCUT2D eigenvalue weighted by molar-refractivity contribution is -0.121. The maximum absolute atomic E-state index is 13.6. The summed E-state index contributed by atoms with van der Waals surface area (Å²) in [5.41, 5.74) is 1.77. The molecule has 3 fully saturated rings. The second-order valence-corrected chi connectivity index (χ2v) is 10.5. The average Bonchev–Trinajstić information content (AvgIpc) is 3.55. The molecule has 3 saturated heterocycles. The van der Waals surface area contributed by atoms with Crippen molar-refractivity contribution < 1.29 is 14.4 Å². The number of carbonyl (C=O) groups excluding carboxylic acids is 3. The van der Waals surface area contributed by atoms with E-state index in [1.165, 1.54) is 4.90 Å². The van der Waals surface area contributed by atoms with Crippen LogP contribution in [0.25, 0.3) is 10.8 Å². The Morgan fingerprint density at radius 1 is 1.06 bits per heavy atom. The molecule has 0 spiro atoms. The fourth-order valence-corrected chi connectivity index (χ4v) is 5.70. The molecule has 0 aliphatic carbocycles. The van der Waals surface area contributed by atoms with Gasteiger partial charge in [-0.15, -0.1) is 0 Å². The third kappa shape index (κ3) is 2.77. The first kappa shape index (κ1) is 20.9. The van der Waals surface area contributed by atoms with Crippen LogP contribution >= 0.6 is 0 Å². The van der Waals surface area contributed by atoms with Gasteiger partial charge in [-0.2, -0.15) is 5.10 Å². The highest BCUT2D eigenvalue weighted by molar-refractivity contribution is 6.25. The Kier molecular flexibility index (Phi) is 4.25. The van der Waals surface area contributed by atoms with E-state index in [4.69, 9.17) is 0 Å². The molecule has 2 aromatic carbocycles. The van der Waals surface area contributed by atoms with Gasteiger partial charge >= 0.3 is 6.03 Å². The zero-order valence-corrected chi connectivity index (χ0v) is 19.7. The summed E-state index contributed by atoms with van der Waals surface area (Å²) in [6.07, 6.45) is 0.626. The summed E-state index contributed by atoms with van der Waals surface area (Å²) in [5.74, 6) is -0.395. The number of likely N-dealkylation sites (tertiary alicyclic amines) is 1. The number of piperazine rings is 1. The Morgan fingerprint density at radius 3 is 2.53 bits per heavy atom. The van der Waals surface area contributed by atoms with Crippen molar-refractivity contribution in [1.29, 1.82) is 0 Å². The average molecular weight is 458 g/mol. The molecule has 8 nitrogen and oxygen atoms in total. The van der Waals surface area contributed by atoms with E-state index in [1.54, 1.807) is 21.5 Å². The summed E-state index contributed by atoms with van der Waals surface area (Å²) in [6.45, 7) is 6.61. The topological polar surface area (TPSA) is 78.8 Å². The van der Waals surface area contributed by atoms with Gasteiger partial charge in [0, 0.05) is 24.4 Å². The van der Waals surface area contributed by atoms with Gasteiger partial charge in [-0.1, -0.05) is 57.2 Å². The number of hydrogen-bond donors (Lipinski definition) is 0. The lowest BCUT2D eigenvalue weighted by atomic mass is 9.92. The van der Waals surface area contributed by atoms with Crippen molar-refractivity contribution in [2.75, 3.05) is 11.4 Å². The lowest BCUT2D eigenvalue weighted by Gasteiger charge is -2.34. The fraction of sp³-hybridized carbons (Fsp3) is 0.385. The molecule has 3 aromatic rings. The molecule has 4 amide bonds. The fourth-order valence-electron chi connectivity index (χ4n) is 5.70. The molecule has 0 radical (unpaired) electrons. The van der Waals surface area contributed by atoms with Crippen molar-refractivity contribution in [2.45, 2.75) is 50.7 Å². The number of urea groups is 1. The van der Waals surface area contributed by atoms with Crippen LogP contribution in [0, 0.1) is 0 Å². The van der Waals surface area contributed by atoms with Crippen LogP contribution in [-0.2, 0) is 17.3 Å². The highest BCUT2D eigenvalue weighted by Gasteiger charge is 2.63. The van der Waals surface area contributed by atoms with Crippen LogP contribution in [-0.4, -0.2) is 62.1 Å². The molecule has 0 saturated carbocycles. The third-order valence-electron chi connectivity index (χ3n) is 7.40. The number of fused-ring (bicyclic) bond motifs is 6. The standard InChI is InChI=1S/C26H27N5O3/c1-26(2,3)21-13-20(28(4)27-21)23(32)29-14-16-12-19(29)22-24(33)31(25(34)30(16)22)18-11-7-9-15-8-5-6-10-17(15)18/h5-11,13,16,19,22H,12,14H2,1-4H3/t16-,19?,22?/m1/s1. The Balaban J connectivity index is 1.33. The molecule has 2 bridgehead atoms. The number of amides is 4. The van der Waals surface area contributed by atoms with Crippen molar-refractivity contribution in [3.05, 3.63) is 59.9 Å². The molecule has 3 atom stereocenters. The lowest BCUT2D eigenvalue weighted by Crippen LogP contribution is -2.55. The SMILES string of the molecule is Cn1nc(C(C)(C)C)cc1C(=O)N1C[C@H]2CC1C1C(=O)N(c3cccc4ccccc34)C(=O)N12. The number of nitrogens with zero attached hydrogens (tertiary/aromatic N) is 5. The maximum atomic E-state index is 13.6. The number of rotatable bonds is 2. The van der Waals surface area contributed by atoms with E-state index in [0.717, 1.165) is 16.5 Å². The summed E-state index contributed by atoms with van der Waals surface area (Å²) in [6, 6.07) is 13.8. The van der Waals surface area contributed by atoms with E-state index in [1.807, 2.05) is 48.5 Å². The molecule has 8 heteroatoms. The zero-order chi connectivity index (χ0) is 23.9. The molecule has 2 unspecified atom stereocenters. The molecule has 6 rings (SSSR count). The predicted molar refractivity (Wildman–Crippen MR) is 128 cm³/mol. The quantitative estimate of drug-likeness (QED) is 0.553. The number of hydrogen-bond acceptors (Lipinski definition) is 4. The molecule has 1 aromatic heterocycles. The third-order valence-corrected chi connectivity index (χ3v) is 7.40. The van der Waals surface area contributed by atoms with Crippen LogP contribution in [0.15, 0.2) is 48.5 Å². The van der Waals surface area contributed by atoms with E-state index in [9.17, 15) is 14.4 Å². The summed E-state index contributed by atoms with van der Waals surface area (Å²) < 4.78 is 1.62. The Bertz CT molecular complexity index is 1370. The molecule has 174 valence electrons. The minimum Gasteiger partial charge on any atom is -0.330 e. The molecule has 34 heavy (non-hydrogen) atoms. The first-order valence-corrected chi connectivity index (χ1v) is 11.7. The summed E-state index contributed by atoms with van der Waals surface area (Å²) in [4.78, 5) is 45.4. The van der Waals surface area contributed by atoms with E-state index in [0.29, 0.717) is 24.3 Å². The number of carbonyl (C=O) groups is 3. The monoisotopic (exact) mass is 457 g/mol. The molecule has 0 N–H and O–H groups in total. The summed E-state index contributed by atoms with van der Waals surface area (Å²) in [5, 5.41) is 6.37. The maximum Gasteiger partial charge on any atom is 0.332 e. The highest BCUT2D eigenvalue weighted by atomic mass is 16.2. The molecular weight excluding hydrogens is 430 g/mol. The number of anilines is 1. The van der Waals surface area contributed by atoms with Gasteiger partial charge in [0.1, 0.15) is 11.7 Å². The van der Waals surface area contributed by atoms with Crippen LogP contribution in [0.3, 0.4) is 0 Å². The Morgan fingerprint density at radius 2 is 1.79 bits per heavy atom. The van der Waals surface area contributed by atoms with Crippen molar-refractivity contribution in [2.24, 2.45) is 7.05 Å². The minimum absolute atomic E-state index is 0.137. The van der Waals surface area contributed by atoms with Crippen LogP contribution in [0.2, 0.25) is 0 Å². The van der Waals surface area contributed by atoms with E-state index < -0.39 is 6.04 Å². The van der Waals surface area contributed by atoms with Gasteiger partial charge < -0.3 is 9.80 Å². The van der Waals surface area contributed by atoms with Gasteiger partial charge in [0.05, 0.1) is 23.5 Å². The van der Waals surface area contributed by atoms with E-state index >= 15 is 0 Å². The van der Waals surface area contributed by atoms with E-state index in [2.05, 4.69) is 25.9 Å². The molecular formula is C26H27N5O3. The first-order valence-electron chi connectivity index (χ1n) is 11.7. The van der Waals surface area contributed by atoms with Crippen molar-refractivity contribution in [3.63, 3.8) is 0 Å². The molecule has 3 aliphatic heterocycles. The number of imide groups is 1. The summed E-state index contributed by atoms with van der Waals surface area (Å²) in [7, 11) is 1.77. The van der Waals surface area contributed by atoms with E-state index in [-0.39, 0.29) is 35.3 Å². The van der Waals surface area contributed by atoms with Crippen LogP contribution in [0.4, 0.5) is 10.5 Å². The van der Waals surface area contributed by atoms with Crippen LogP contribution < -0.4 is 4.90 Å². The molecule has 3 aliphatic rings. The van der Waals surface area contributed by atoms with Gasteiger partial charge in [0.2, 0.25) is 0 Å². The smallest absolute Gasteiger partial charge is 0.330 e. The van der Waals surface area contributed by atoms with Crippen molar-refractivity contribution in [1.82, 2.24) is 19.6 Å². The first-order chi connectivity index (χ1) is 16.2. The van der Waals surface area contributed by atoms with Crippen LogP contribution in [0.5, 0.6) is 0 Å². The number of aromatic nitrogens is 2. The van der Waals surface area contributed by atoms with Gasteiger partial charge in [-0.05, 0) is 23.9 Å². The van der Waals surface area contributed by atoms with Gasteiger partial charge in [-0.25, -0.2) is 9.69 Å². The Labute approximate surface area is 197 Å². The largest absolute Gasteiger partial charge is 0.332 e. The van der Waals surface area contributed by atoms with Gasteiger partial charge in [-0.3, -0.25) is 14.3 Å². The summed E-state index contributed by atoms with van der Waals surface area (Å²) >= 11 is 0. The second-order valence-electron chi connectivity index (χ2n) is 10.5. The Hall–Kier alpha value is -3.68. The zero-order valence-electron chi connectivity index (χ0n) is 19.7. The van der Waals surface area contributed by atoms with Gasteiger partial charge in [0.15, 0.2) is 0 Å². The molecule has 4 heterocycles. The van der Waals surface area contributed by atoms with Gasteiger partial charge in [0.25, 0.3) is 11.8 Å². The van der Waals surface area contributed by atoms with Crippen LogP contribution in [0.1, 0.15) is 43.4 Å². The number of benzene rings is 2. The second kappa shape index (κ2) is 6.91. The predicted octanol–water partition coefficient (Wildman–Crippen LogP) is 3.30. The minimum atomic E-state index is -0.649.